The minimum atomic E-state index is -0.428. The number of aromatic amines is 1. The SMILES string of the molecule is Cc1nc(CCCCNC(=O)[C@@H]([NH3+])Cc2ccc(O)cc2)c(=O)[nH]c1CCCCNC(=O)[C@@H]([NH3+])Cc1ccc(O)cc1.[Cl-].[Cl-]. The van der Waals surface area contributed by atoms with Crippen LogP contribution in [-0.4, -0.2) is 57.2 Å². The van der Waals surface area contributed by atoms with Crippen LogP contribution < -0.4 is 52.5 Å². The lowest BCUT2D eigenvalue weighted by Crippen LogP contribution is -3.00. The molecule has 0 radical (unpaired) electrons. The van der Waals surface area contributed by atoms with Gasteiger partial charge in [0.25, 0.3) is 17.4 Å². The standard InChI is InChI=1S/C31H42N6O5.2ClH/c1-20-27(6-2-4-16-34-29(40)25(32)18-21-8-12-23(38)13-9-21)37-31(42)28(36-20)7-3-5-17-35-30(41)26(33)19-22-10-14-24(39)15-11-22;;/h8-15,25-26,38-39H,2-7,16-19,32-33H2,1H3,(H,34,40)(H,35,41)(H,37,42);2*1H/t25-,26-;;/m0../s1. The average Bonchev–Trinajstić information content (AvgIpc) is 2.96. The summed E-state index contributed by atoms with van der Waals surface area (Å²) >= 11 is 0. The maximum Gasteiger partial charge on any atom is 0.278 e. The van der Waals surface area contributed by atoms with E-state index in [1.807, 2.05) is 6.92 Å². The van der Waals surface area contributed by atoms with E-state index in [9.17, 15) is 24.6 Å². The third kappa shape index (κ3) is 12.9. The summed E-state index contributed by atoms with van der Waals surface area (Å²) in [5.41, 5.74) is 11.7. The summed E-state index contributed by atoms with van der Waals surface area (Å²) in [4.78, 5) is 44.7. The van der Waals surface area contributed by atoms with Crippen molar-refractivity contribution in [2.75, 3.05) is 13.1 Å². The van der Waals surface area contributed by atoms with Gasteiger partial charge in [-0.3, -0.25) is 19.4 Å². The average molecular weight is 652 g/mol. The molecule has 0 spiro atoms. The highest BCUT2D eigenvalue weighted by Crippen LogP contribution is 2.12. The molecule has 3 aromatic rings. The Morgan fingerprint density at radius 1 is 0.773 bits per heavy atom. The Hall–Kier alpha value is -3.64. The summed E-state index contributed by atoms with van der Waals surface area (Å²) in [7, 11) is 0. The highest BCUT2D eigenvalue weighted by molar-refractivity contribution is 5.80. The summed E-state index contributed by atoms with van der Waals surface area (Å²) in [6.07, 6.45) is 5.16. The Balaban J connectivity index is 0.00000484. The van der Waals surface area contributed by atoms with Crippen molar-refractivity contribution in [2.24, 2.45) is 0 Å². The van der Waals surface area contributed by atoms with E-state index in [1.54, 1.807) is 48.5 Å². The van der Waals surface area contributed by atoms with E-state index in [0.29, 0.717) is 57.3 Å². The topological polar surface area (TPSA) is 200 Å². The minimum absolute atomic E-state index is 0. The zero-order valence-electron chi connectivity index (χ0n) is 25.1. The van der Waals surface area contributed by atoms with Gasteiger partial charge >= 0.3 is 0 Å². The van der Waals surface area contributed by atoms with Gasteiger partial charge < -0.3 is 62.1 Å². The molecule has 44 heavy (non-hydrogen) atoms. The number of unbranched alkanes of at least 4 members (excludes halogenated alkanes) is 2. The number of nitrogens with one attached hydrogen (secondary N) is 3. The number of amides is 2. The molecule has 13 heteroatoms. The van der Waals surface area contributed by atoms with E-state index in [-0.39, 0.29) is 53.7 Å². The number of halogens is 2. The van der Waals surface area contributed by atoms with Crippen LogP contribution in [0.4, 0.5) is 0 Å². The number of phenolic OH excluding ortho intramolecular Hbond substituents is 2. The third-order valence-electron chi connectivity index (χ3n) is 7.14. The molecule has 0 unspecified atom stereocenters. The molecule has 2 atom stereocenters. The van der Waals surface area contributed by atoms with Crippen LogP contribution in [0, 0.1) is 6.92 Å². The van der Waals surface area contributed by atoms with Gasteiger partial charge in [-0.1, -0.05) is 24.3 Å². The monoisotopic (exact) mass is 650 g/mol. The Labute approximate surface area is 270 Å². The number of nitrogens with zero attached hydrogens (tertiary/aromatic N) is 1. The second-order valence-corrected chi connectivity index (χ2v) is 10.7. The van der Waals surface area contributed by atoms with Gasteiger partial charge in [0, 0.05) is 31.6 Å². The van der Waals surface area contributed by atoms with Crippen molar-refractivity contribution in [3.63, 3.8) is 0 Å². The number of benzene rings is 2. The Morgan fingerprint density at radius 2 is 1.20 bits per heavy atom. The zero-order valence-corrected chi connectivity index (χ0v) is 26.6. The molecule has 3 rings (SSSR count). The Bertz CT molecular complexity index is 1370. The molecule has 0 saturated carbocycles. The fourth-order valence-electron chi connectivity index (χ4n) is 4.61. The van der Waals surface area contributed by atoms with E-state index in [2.05, 4.69) is 32.1 Å². The summed E-state index contributed by atoms with van der Waals surface area (Å²) in [6.45, 7) is 2.91. The number of carbonyl (C=O) groups excluding carboxylic acids is 2. The van der Waals surface area contributed by atoms with Crippen molar-refractivity contribution >= 4 is 11.8 Å². The number of aryl methyl sites for hydroxylation is 3. The van der Waals surface area contributed by atoms with E-state index >= 15 is 0 Å². The molecule has 0 aliphatic carbocycles. The van der Waals surface area contributed by atoms with Crippen LogP contribution in [0.3, 0.4) is 0 Å². The minimum Gasteiger partial charge on any atom is -1.00 e. The molecule has 1 aromatic heterocycles. The molecule has 0 fully saturated rings. The quantitative estimate of drug-likeness (QED) is 0.0753. The van der Waals surface area contributed by atoms with Gasteiger partial charge in [-0.15, -0.1) is 0 Å². The molecule has 2 amide bonds. The van der Waals surface area contributed by atoms with Crippen LogP contribution in [0.5, 0.6) is 11.5 Å². The van der Waals surface area contributed by atoms with Crippen LogP contribution in [0.15, 0.2) is 53.3 Å². The third-order valence-corrected chi connectivity index (χ3v) is 7.14. The zero-order chi connectivity index (χ0) is 30.5. The molecule has 2 aromatic carbocycles. The van der Waals surface area contributed by atoms with Crippen molar-refractivity contribution in [3.05, 3.63) is 87.1 Å². The van der Waals surface area contributed by atoms with Crippen molar-refractivity contribution in [2.45, 2.75) is 70.4 Å². The first-order chi connectivity index (χ1) is 20.1. The highest BCUT2D eigenvalue weighted by Gasteiger charge is 2.18. The summed E-state index contributed by atoms with van der Waals surface area (Å²) in [5.74, 6) is 0.139. The number of quaternary nitrogens is 2. The fourth-order valence-corrected chi connectivity index (χ4v) is 4.61. The maximum absolute atomic E-state index is 12.6. The van der Waals surface area contributed by atoms with Gasteiger partial charge in [0.15, 0.2) is 12.1 Å². The van der Waals surface area contributed by atoms with Crippen LogP contribution in [0.25, 0.3) is 0 Å². The molecule has 0 bridgehead atoms. The summed E-state index contributed by atoms with van der Waals surface area (Å²) in [6, 6.07) is 12.7. The lowest BCUT2D eigenvalue weighted by Gasteiger charge is -2.11. The number of aromatic nitrogens is 2. The second kappa shape index (κ2) is 19.6. The van der Waals surface area contributed by atoms with Gasteiger partial charge in [-0.05, 0) is 80.8 Å². The highest BCUT2D eigenvalue weighted by atomic mass is 35.5. The van der Waals surface area contributed by atoms with Crippen molar-refractivity contribution in [3.8, 4) is 11.5 Å². The number of hydrogen-bond acceptors (Lipinski definition) is 6. The molecule has 1 heterocycles. The molecule has 0 aliphatic rings. The molecule has 0 saturated heterocycles. The molecular formula is C31H44Cl2N6O5. The van der Waals surface area contributed by atoms with E-state index in [4.69, 9.17) is 0 Å². The molecule has 11 N–H and O–H groups in total. The normalized spacial score (nSPS) is 11.9. The number of aromatic hydroxyl groups is 2. The lowest BCUT2D eigenvalue weighted by molar-refractivity contribution is -0.403. The predicted octanol–water partition coefficient (Wildman–Crippen LogP) is -5.92. The number of H-pyrrole nitrogens is 1. The van der Waals surface area contributed by atoms with Crippen LogP contribution in [-0.2, 0) is 35.3 Å². The van der Waals surface area contributed by atoms with E-state index in [1.165, 1.54) is 0 Å². The smallest absolute Gasteiger partial charge is 0.278 e. The largest absolute Gasteiger partial charge is 1.00 e. The van der Waals surface area contributed by atoms with Gasteiger partial charge in [0.05, 0.1) is 5.69 Å². The number of hydrogen-bond donors (Lipinski definition) is 7. The van der Waals surface area contributed by atoms with Gasteiger partial charge in [0.2, 0.25) is 0 Å². The number of carbonyl (C=O) groups is 2. The van der Waals surface area contributed by atoms with Gasteiger partial charge in [0.1, 0.15) is 17.2 Å². The Morgan fingerprint density at radius 3 is 1.66 bits per heavy atom. The van der Waals surface area contributed by atoms with Crippen molar-refractivity contribution < 1.29 is 56.1 Å². The van der Waals surface area contributed by atoms with Crippen LogP contribution in [0.2, 0.25) is 0 Å². The van der Waals surface area contributed by atoms with Crippen molar-refractivity contribution in [1.29, 1.82) is 0 Å². The molecular weight excluding hydrogens is 607 g/mol. The molecule has 242 valence electrons. The summed E-state index contributed by atoms with van der Waals surface area (Å²) < 4.78 is 0. The first kappa shape index (κ1) is 38.4. The van der Waals surface area contributed by atoms with E-state index < -0.39 is 12.1 Å². The lowest BCUT2D eigenvalue weighted by atomic mass is 10.1. The van der Waals surface area contributed by atoms with Crippen LogP contribution in [0.1, 0.15) is 53.9 Å². The second-order valence-electron chi connectivity index (χ2n) is 10.7. The molecule has 0 aliphatic heterocycles. The number of phenols is 2. The molecule has 11 nitrogen and oxygen atoms in total. The van der Waals surface area contributed by atoms with Gasteiger partial charge in [-0.2, -0.15) is 0 Å². The van der Waals surface area contributed by atoms with Crippen LogP contribution >= 0.6 is 0 Å². The Kier molecular flexibility index (Phi) is 17.1. The predicted molar refractivity (Wildman–Crippen MR) is 158 cm³/mol. The first-order valence-corrected chi connectivity index (χ1v) is 14.5. The fraction of sp³-hybridized carbons (Fsp3) is 0.419. The number of rotatable bonds is 16. The van der Waals surface area contributed by atoms with Crippen molar-refractivity contribution in [1.82, 2.24) is 20.6 Å². The summed E-state index contributed by atoms with van der Waals surface area (Å²) in [5, 5.41) is 24.6. The maximum atomic E-state index is 12.6. The first-order valence-electron chi connectivity index (χ1n) is 14.5. The van der Waals surface area contributed by atoms with Gasteiger partial charge in [-0.25, -0.2) is 0 Å². The van der Waals surface area contributed by atoms with E-state index in [0.717, 1.165) is 35.4 Å².